The summed E-state index contributed by atoms with van der Waals surface area (Å²) in [7, 11) is 3.09. The Hall–Kier alpha value is -3.11. The molecule has 0 fully saturated rings. The first-order chi connectivity index (χ1) is 14.1. The molecule has 0 bridgehead atoms. The molecule has 0 saturated heterocycles. The fraction of sp³-hybridized carbons (Fsp3) is 0.158. The van der Waals surface area contributed by atoms with Crippen LogP contribution in [-0.4, -0.2) is 42.0 Å². The van der Waals surface area contributed by atoms with Gasteiger partial charge in [0.1, 0.15) is 11.5 Å². The molecule has 3 rings (SSSR count). The highest BCUT2D eigenvalue weighted by Gasteiger charge is 2.15. The maximum absolute atomic E-state index is 12.4. The third-order valence-electron chi connectivity index (χ3n) is 3.68. The van der Waals surface area contributed by atoms with Crippen LogP contribution in [0, 0.1) is 0 Å². The van der Waals surface area contributed by atoms with Crippen LogP contribution in [-0.2, 0) is 4.79 Å². The van der Waals surface area contributed by atoms with Gasteiger partial charge in [-0.1, -0.05) is 35.2 Å². The molecule has 0 aliphatic carbocycles. The number of hydrogen-bond donors (Lipinski definition) is 2. The molecule has 0 saturated carbocycles. The second-order valence-electron chi connectivity index (χ2n) is 5.59. The SMILES string of the molecule is COc1ccc(NC(=O)CSc2nnc(NC(=O)c3ccccc3OC)s2)cc1. The lowest BCUT2D eigenvalue weighted by Crippen LogP contribution is -2.13. The van der Waals surface area contributed by atoms with Crippen molar-refractivity contribution in [2.45, 2.75) is 4.34 Å². The number of hydrogen-bond acceptors (Lipinski definition) is 8. The van der Waals surface area contributed by atoms with Gasteiger partial charge in [-0.15, -0.1) is 10.2 Å². The fourth-order valence-corrected chi connectivity index (χ4v) is 3.86. The first-order valence-electron chi connectivity index (χ1n) is 8.43. The number of thioether (sulfide) groups is 1. The molecule has 0 radical (unpaired) electrons. The molecular formula is C19H18N4O4S2. The van der Waals surface area contributed by atoms with E-state index in [4.69, 9.17) is 9.47 Å². The van der Waals surface area contributed by atoms with Crippen LogP contribution in [0.15, 0.2) is 52.9 Å². The Balaban J connectivity index is 1.52. The number of carbonyl (C=O) groups excluding carboxylic acids is 2. The molecule has 3 aromatic rings. The quantitative estimate of drug-likeness (QED) is 0.416. The fourth-order valence-electron chi connectivity index (χ4n) is 2.31. The van der Waals surface area contributed by atoms with E-state index < -0.39 is 0 Å². The van der Waals surface area contributed by atoms with Gasteiger partial charge in [-0.3, -0.25) is 14.9 Å². The summed E-state index contributed by atoms with van der Waals surface area (Å²) in [5.74, 6) is 0.844. The Bertz CT molecular complexity index is 992. The topological polar surface area (TPSA) is 102 Å². The van der Waals surface area contributed by atoms with Gasteiger partial charge < -0.3 is 14.8 Å². The van der Waals surface area contributed by atoms with E-state index >= 15 is 0 Å². The van der Waals surface area contributed by atoms with Gasteiger partial charge in [0.05, 0.1) is 25.5 Å². The molecule has 0 atom stereocenters. The molecule has 1 aromatic heterocycles. The molecule has 2 aromatic carbocycles. The van der Waals surface area contributed by atoms with Crippen LogP contribution in [0.3, 0.4) is 0 Å². The van der Waals surface area contributed by atoms with Crippen LogP contribution in [0.1, 0.15) is 10.4 Å². The summed E-state index contributed by atoms with van der Waals surface area (Å²) in [6.07, 6.45) is 0. The number of aromatic nitrogens is 2. The number of anilines is 2. The van der Waals surface area contributed by atoms with Gasteiger partial charge in [-0.25, -0.2) is 0 Å². The molecule has 2 amide bonds. The average Bonchev–Trinajstić information content (AvgIpc) is 3.20. The monoisotopic (exact) mass is 430 g/mol. The van der Waals surface area contributed by atoms with Gasteiger partial charge >= 0.3 is 0 Å². The molecule has 10 heteroatoms. The van der Waals surface area contributed by atoms with Gasteiger partial charge in [0.2, 0.25) is 11.0 Å². The summed E-state index contributed by atoms with van der Waals surface area (Å²) in [5.41, 5.74) is 1.08. The van der Waals surface area contributed by atoms with E-state index in [1.807, 2.05) is 0 Å². The zero-order chi connectivity index (χ0) is 20.6. The molecule has 8 nitrogen and oxygen atoms in total. The number of para-hydroxylation sites is 1. The van der Waals surface area contributed by atoms with Crippen molar-refractivity contribution in [2.24, 2.45) is 0 Å². The predicted molar refractivity (Wildman–Crippen MR) is 113 cm³/mol. The van der Waals surface area contributed by atoms with E-state index in [0.717, 1.165) is 0 Å². The Kier molecular flexibility index (Phi) is 7.04. The highest BCUT2D eigenvalue weighted by Crippen LogP contribution is 2.27. The van der Waals surface area contributed by atoms with Crippen LogP contribution in [0.5, 0.6) is 11.5 Å². The van der Waals surface area contributed by atoms with Gasteiger partial charge in [0.15, 0.2) is 4.34 Å². The summed E-state index contributed by atoms with van der Waals surface area (Å²) < 4.78 is 10.8. The number of nitrogens with zero attached hydrogens (tertiary/aromatic N) is 2. The largest absolute Gasteiger partial charge is 0.497 e. The summed E-state index contributed by atoms with van der Waals surface area (Å²) in [5, 5.41) is 13.8. The molecule has 0 spiro atoms. The summed E-state index contributed by atoms with van der Waals surface area (Å²) in [6, 6.07) is 14.0. The summed E-state index contributed by atoms with van der Waals surface area (Å²) >= 11 is 2.43. The molecule has 1 heterocycles. The third kappa shape index (κ3) is 5.69. The first kappa shape index (κ1) is 20.6. The Morgan fingerprint density at radius 3 is 2.48 bits per heavy atom. The second-order valence-corrected chi connectivity index (χ2v) is 7.79. The zero-order valence-electron chi connectivity index (χ0n) is 15.7. The van der Waals surface area contributed by atoms with Crippen molar-refractivity contribution < 1.29 is 19.1 Å². The number of amides is 2. The standard InChI is InChI=1S/C19H18N4O4S2/c1-26-13-9-7-12(8-10-13)20-16(24)11-28-19-23-22-18(29-19)21-17(25)14-5-3-4-6-15(14)27-2/h3-10H,11H2,1-2H3,(H,20,24)(H,21,22,25). The minimum atomic E-state index is -0.340. The Labute approximate surface area is 175 Å². The summed E-state index contributed by atoms with van der Waals surface area (Å²) in [4.78, 5) is 24.5. The highest BCUT2D eigenvalue weighted by molar-refractivity contribution is 8.01. The van der Waals surface area contributed by atoms with E-state index in [9.17, 15) is 9.59 Å². The molecular weight excluding hydrogens is 412 g/mol. The number of rotatable bonds is 8. The Morgan fingerprint density at radius 2 is 1.76 bits per heavy atom. The smallest absolute Gasteiger partial charge is 0.261 e. The van der Waals surface area contributed by atoms with Crippen molar-refractivity contribution in [2.75, 3.05) is 30.6 Å². The van der Waals surface area contributed by atoms with Crippen molar-refractivity contribution in [3.63, 3.8) is 0 Å². The lowest BCUT2D eigenvalue weighted by molar-refractivity contribution is -0.113. The van der Waals surface area contributed by atoms with E-state index in [0.29, 0.717) is 32.2 Å². The van der Waals surface area contributed by atoms with Crippen LogP contribution < -0.4 is 20.1 Å². The zero-order valence-corrected chi connectivity index (χ0v) is 17.3. The first-order valence-corrected chi connectivity index (χ1v) is 10.2. The maximum atomic E-state index is 12.4. The third-order valence-corrected chi connectivity index (χ3v) is 5.65. The number of ether oxygens (including phenoxy) is 2. The molecule has 0 aliphatic heterocycles. The van der Waals surface area contributed by atoms with Crippen molar-refractivity contribution in [1.82, 2.24) is 10.2 Å². The van der Waals surface area contributed by atoms with E-state index in [2.05, 4.69) is 20.8 Å². The van der Waals surface area contributed by atoms with Crippen molar-refractivity contribution in [3.05, 3.63) is 54.1 Å². The molecule has 150 valence electrons. The minimum absolute atomic E-state index is 0.168. The summed E-state index contributed by atoms with van der Waals surface area (Å²) in [6.45, 7) is 0. The van der Waals surface area contributed by atoms with Gasteiger partial charge in [-0.05, 0) is 36.4 Å². The van der Waals surface area contributed by atoms with Gasteiger partial charge in [0, 0.05) is 5.69 Å². The average molecular weight is 431 g/mol. The second kappa shape index (κ2) is 9.89. The number of benzene rings is 2. The maximum Gasteiger partial charge on any atom is 0.261 e. The molecule has 0 aliphatic rings. The molecule has 0 unspecified atom stereocenters. The van der Waals surface area contributed by atoms with E-state index in [1.54, 1.807) is 55.6 Å². The number of carbonyl (C=O) groups is 2. The van der Waals surface area contributed by atoms with Crippen LogP contribution >= 0.6 is 23.1 Å². The van der Waals surface area contributed by atoms with Gasteiger partial charge in [0.25, 0.3) is 5.91 Å². The van der Waals surface area contributed by atoms with Crippen molar-refractivity contribution >= 4 is 45.7 Å². The number of methoxy groups -OCH3 is 2. The van der Waals surface area contributed by atoms with Crippen LogP contribution in [0.4, 0.5) is 10.8 Å². The number of nitrogens with one attached hydrogen (secondary N) is 2. The lowest BCUT2D eigenvalue weighted by Gasteiger charge is -2.06. The molecule has 29 heavy (non-hydrogen) atoms. The minimum Gasteiger partial charge on any atom is -0.497 e. The predicted octanol–water partition coefficient (Wildman–Crippen LogP) is 3.54. The van der Waals surface area contributed by atoms with Crippen LogP contribution in [0.2, 0.25) is 0 Å². The molecule has 2 N–H and O–H groups in total. The Morgan fingerprint density at radius 1 is 1.00 bits per heavy atom. The van der Waals surface area contributed by atoms with Crippen LogP contribution in [0.25, 0.3) is 0 Å². The van der Waals surface area contributed by atoms with Crippen molar-refractivity contribution in [1.29, 1.82) is 0 Å². The van der Waals surface area contributed by atoms with E-state index in [1.165, 1.54) is 30.2 Å². The van der Waals surface area contributed by atoms with E-state index in [-0.39, 0.29) is 17.6 Å². The van der Waals surface area contributed by atoms with Crippen molar-refractivity contribution in [3.8, 4) is 11.5 Å². The van der Waals surface area contributed by atoms with Gasteiger partial charge in [-0.2, -0.15) is 0 Å². The normalized spacial score (nSPS) is 10.3. The highest BCUT2D eigenvalue weighted by atomic mass is 32.2. The lowest BCUT2D eigenvalue weighted by atomic mass is 10.2.